The Bertz CT molecular complexity index is 1250. The molecule has 2 N–H and O–H groups in total. The molecule has 1 saturated heterocycles. The van der Waals surface area contributed by atoms with Gasteiger partial charge in [0.1, 0.15) is 12.4 Å². The number of halogens is 1. The van der Waals surface area contributed by atoms with Crippen LogP contribution < -0.4 is 10.2 Å². The van der Waals surface area contributed by atoms with E-state index in [0.29, 0.717) is 5.69 Å². The lowest BCUT2D eigenvalue weighted by molar-refractivity contribution is -0.143. The van der Waals surface area contributed by atoms with Gasteiger partial charge in [0.25, 0.3) is 0 Å². The van der Waals surface area contributed by atoms with Crippen LogP contribution in [0.5, 0.6) is 0 Å². The van der Waals surface area contributed by atoms with E-state index in [1.54, 1.807) is 11.8 Å². The number of fused-ring (bicyclic) bond motifs is 9. The number of thiazole rings is 1. The van der Waals surface area contributed by atoms with E-state index in [1.165, 1.54) is 35.6 Å². The molecule has 2 aliphatic heterocycles. The van der Waals surface area contributed by atoms with Crippen LogP contribution in [0.3, 0.4) is 0 Å². The quantitative estimate of drug-likeness (QED) is 0.649. The summed E-state index contributed by atoms with van der Waals surface area (Å²) in [7, 11) is 0. The van der Waals surface area contributed by atoms with Crippen LogP contribution in [0.4, 0.5) is 10.1 Å². The molecule has 0 spiro atoms. The molecule has 6 atom stereocenters. The molecule has 2 saturated carbocycles. The summed E-state index contributed by atoms with van der Waals surface area (Å²) in [5, 5.41) is 3.69. The molecule has 2 aliphatic carbocycles. The van der Waals surface area contributed by atoms with Crippen LogP contribution in [0, 0.1) is 35.4 Å². The fourth-order valence-corrected chi connectivity index (χ4v) is 9.90. The number of aromatic nitrogens is 1. The maximum Gasteiger partial charge on any atom is 0.305 e. The third-order valence-corrected chi connectivity index (χ3v) is 10.7. The number of hydrogen-bond acceptors (Lipinski definition) is 6. The van der Waals surface area contributed by atoms with Gasteiger partial charge < -0.3 is 10.3 Å². The second-order valence-corrected chi connectivity index (χ2v) is 12.1. The van der Waals surface area contributed by atoms with Crippen molar-refractivity contribution in [1.29, 1.82) is 0 Å². The monoisotopic (exact) mass is 487 g/mol. The van der Waals surface area contributed by atoms with Gasteiger partial charge in [-0.25, -0.2) is 4.39 Å². The first kappa shape index (κ1) is 21.1. The van der Waals surface area contributed by atoms with E-state index in [9.17, 15) is 23.6 Å². The van der Waals surface area contributed by atoms with Crippen molar-refractivity contribution < 1.29 is 18.8 Å². The SMILES string of the molecule is CC1(C)c2sc(=O)[nH]c2SC2C3CC(C4C(=O)N(CC(=O)Nc5ccc(F)cc5)C(=O)C34)C21. The molecule has 4 aliphatic rings. The number of carbonyl (C=O) groups excluding carboxylic acids is 3. The predicted molar refractivity (Wildman–Crippen MR) is 121 cm³/mol. The van der Waals surface area contributed by atoms with E-state index < -0.39 is 23.6 Å². The van der Waals surface area contributed by atoms with Crippen LogP contribution in [-0.2, 0) is 19.8 Å². The average Bonchev–Trinajstić information content (AvgIpc) is 3.48. The van der Waals surface area contributed by atoms with Crippen molar-refractivity contribution in [2.75, 3.05) is 11.9 Å². The molecular formula is C23H22FN3O4S2. The van der Waals surface area contributed by atoms with Crippen molar-refractivity contribution in [3.05, 3.63) is 44.6 Å². The van der Waals surface area contributed by atoms with Gasteiger partial charge in [0, 0.05) is 21.2 Å². The fraction of sp³-hybridized carbons (Fsp3) is 0.478. The van der Waals surface area contributed by atoms with Gasteiger partial charge in [-0.2, -0.15) is 0 Å². The maximum absolute atomic E-state index is 13.4. The normalized spacial score (nSPS) is 33.1. The standard InChI is InChI=1S/C23H22FN3O4S2/c1-23(2)16-11-7-12(17(16)32-19-18(23)33-22(31)26-19)15-14(11)20(29)27(21(15)30)8-13(28)25-10-5-3-9(24)4-6-10/h3-6,11-12,14-17H,7-8H2,1-2H3,(H,25,28)(H,26,31). The number of anilines is 1. The summed E-state index contributed by atoms with van der Waals surface area (Å²) in [4.78, 5) is 56.3. The highest BCUT2D eigenvalue weighted by molar-refractivity contribution is 8.00. The number of nitrogens with zero attached hydrogens (tertiary/aromatic N) is 1. The topological polar surface area (TPSA) is 99.3 Å². The third-order valence-electron chi connectivity index (χ3n) is 7.91. The minimum Gasteiger partial charge on any atom is -0.325 e. The lowest BCUT2D eigenvalue weighted by Gasteiger charge is -2.47. The summed E-state index contributed by atoms with van der Waals surface area (Å²) < 4.78 is 13.1. The molecule has 3 heterocycles. The summed E-state index contributed by atoms with van der Waals surface area (Å²) in [6.07, 6.45) is 0.827. The lowest BCUT2D eigenvalue weighted by atomic mass is 9.64. The Balaban J connectivity index is 1.25. The molecule has 1 aromatic heterocycles. The van der Waals surface area contributed by atoms with Gasteiger partial charge in [-0.05, 0) is 48.4 Å². The van der Waals surface area contributed by atoms with Crippen molar-refractivity contribution >= 4 is 46.5 Å². The number of amides is 3. The molecule has 6 rings (SSSR count). The summed E-state index contributed by atoms with van der Waals surface area (Å²) >= 11 is 2.89. The number of likely N-dealkylation sites (tertiary alicyclic amines) is 1. The van der Waals surface area contributed by atoms with E-state index in [-0.39, 0.29) is 51.7 Å². The average molecular weight is 488 g/mol. The Hall–Kier alpha value is -2.46. The Morgan fingerprint density at radius 3 is 2.52 bits per heavy atom. The summed E-state index contributed by atoms with van der Waals surface area (Å²) in [5.41, 5.74) is 0.140. The molecule has 7 nitrogen and oxygen atoms in total. The number of carbonyl (C=O) groups is 3. The van der Waals surface area contributed by atoms with Gasteiger partial charge >= 0.3 is 4.87 Å². The fourth-order valence-electron chi connectivity index (χ4n) is 6.75. The van der Waals surface area contributed by atoms with E-state index in [1.807, 2.05) is 0 Å². The zero-order valence-electron chi connectivity index (χ0n) is 18.0. The molecular weight excluding hydrogens is 465 g/mol. The number of hydrogen-bond donors (Lipinski definition) is 2. The molecule has 10 heteroatoms. The molecule has 3 amide bonds. The van der Waals surface area contributed by atoms with Crippen molar-refractivity contribution in [2.24, 2.45) is 29.6 Å². The van der Waals surface area contributed by atoms with Crippen LogP contribution in [0.25, 0.3) is 0 Å². The van der Waals surface area contributed by atoms with Crippen molar-refractivity contribution in [1.82, 2.24) is 9.88 Å². The molecule has 33 heavy (non-hydrogen) atoms. The van der Waals surface area contributed by atoms with Crippen molar-refractivity contribution in [2.45, 2.75) is 36.0 Å². The molecule has 2 aromatic rings. The lowest BCUT2D eigenvalue weighted by Crippen LogP contribution is -2.48. The van der Waals surface area contributed by atoms with Gasteiger partial charge in [-0.3, -0.25) is 24.1 Å². The van der Waals surface area contributed by atoms with E-state index in [2.05, 4.69) is 24.1 Å². The first-order chi connectivity index (χ1) is 15.7. The maximum atomic E-state index is 13.4. The molecule has 2 bridgehead atoms. The second kappa shape index (κ2) is 7.02. The molecule has 1 aromatic carbocycles. The van der Waals surface area contributed by atoms with Gasteiger partial charge in [-0.15, -0.1) is 11.8 Å². The largest absolute Gasteiger partial charge is 0.325 e. The highest BCUT2D eigenvalue weighted by Gasteiger charge is 2.70. The van der Waals surface area contributed by atoms with Gasteiger partial charge in [0.05, 0.1) is 16.9 Å². The summed E-state index contributed by atoms with van der Waals surface area (Å²) in [5.74, 6) is -1.95. The van der Waals surface area contributed by atoms with Crippen LogP contribution in [0.2, 0.25) is 0 Å². The van der Waals surface area contributed by atoms with Crippen LogP contribution in [0.15, 0.2) is 34.1 Å². The van der Waals surface area contributed by atoms with Crippen LogP contribution >= 0.6 is 23.1 Å². The Morgan fingerprint density at radius 2 is 1.82 bits per heavy atom. The van der Waals surface area contributed by atoms with Crippen LogP contribution in [0.1, 0.15) is 25.1 Å². The second-order valence-electron chi connectivity index (χ2n) is 9.94. The van der Waals surface area contributed by atoms with E-state index in [4.69, 9.17) is 0 Å². The number of aromatic amines is 1. The Labute approximate surface area is 197 Å². The highest BCUT2D eigenvalue weighted by atomic mass is 32.2. The molecule has 172 valence electrons. The number of benzene rings is 1. The van der Waals surface area contributed by atoms with Crippen molar-refractivity contribution in [3.8, 4) is 0 Å². The zero-order valence-corrected chi connectivity index (χ0v) is 19.6. The van der Waals surface area contributed by atoms with Gasteiger partial charge in [0.15, 0.2) is 0 Å². The number of imide groups is 1. The molecule has 0 radical (unpaired) electrons. The zero-order chi connectivity index (χ0) is 23.2. The number of thioether (sulfide) groups is 1. The number of rotatable bonds is 3. The number of nitrogens with one attached hydrogen (secondary N) is 2. The van der Waals surface area contributed by atoms with Gasteiger partial charge in [0.2, 0.25) is 17.7 Å². The smallest absolute Gasteiger partial charge is 0.305 e. The van der Waals surface area contributed by atoms with Crippen LogP contribution in [-0.4, -0.2) is 39.4 Å². The Morgan fingerprint density at radius 1 is 1.15 bits per heavy atom. The first-order valence-corrected chi connectivity index (χ1v) is 12.7. The first-order valence-electron chi connectivity index (χ1n) is 11.0. The summed E-state index contributed by atoms with van der Waals surface area (Å²) in [6, 6.07) is 5.33. The van der Waals surface area contributed by atoms with Gasteiger partial charge in [-0.1, -0.05) is 25.2 Å². The number of H-pyrrole nitrogens is 1. The highest BCUT2D eigenvalue weighted by Crippen LogP contribution is 2.68. The molecule has 6 unspecified atom stereocenters. The summed E-state index contributed by atoms with van der Waals surface area (Å²) in [6.45, 7) is 3.93. The van der Waals surface area contributed by atoms with Crippen molar-refractivity contribution in [3.63, 3.8) is 0 Å². The predicted octanol–water partition coefficient (Wildman–Crippen LogP) is 2.83. The minimum atomic E-state index is -0.484. The third kappa shape index (κ3) is 2.92. The Kier molecular flexibility index (Phi) is 4.49. The molecule has 3 fully saturated rings. The van der Waals surface area contributed by atoms with E-state index in [0.717, 1.165) is 21.2 Å². The van der Waals surface area contributed by atoms with E-state index >= 15 is 0 Å². The minimum absolute atomic E-state index is 0.0486.